The predicted octanol–water partition coefficient (Wildman–Crippen LogP) is 1.99. The fourth-order valence-corrected chi connectivity index (χ4v) is 3.47. The van der Waals surface area contributed by atoms with Crippen molar-refractivity contribution in [1.82, 2.24) is 19.9 Å². The van der Waals surface area contributed by atoms with Gasteiger partial charge in [0, 0.05) is 49.9 Å². The molecule has 3 heterocycles. The second-order valence-corrected chi connectivity index (χ2v) is 7.03. The summed E-state index contributed by atoms with van der Waals surface area (Å²) in [5.41, 5.74) is 7.62. The van der Waals surface area contributed by atoms with Crippen LogP contribution in [0, 0.1) is 0 Å². The van der Waals surface area contributed by atoms with Gasteiger partial charge in [-0.05, 0) is 24.3 Å². The number of hydrogen-bond donors (Lipinski definition) is 1. The highest BCUT2D eigenvalue weighted by Gasteiger charge is 2.22. The molecule has 4 rings (SSSR count). The molecule has 31 heavy (non-hydrogen) atoms. The van der Waals surface area contributed by atoms with Crippen molar-refractivity contribution in [3.05, 3.63) is 48.3 Å². The van der Waals surface area contributed by atoms with Crippen LogP contribution >= 0.6 is 0 Å². The molecule has 1 aliphatic rings. The molecular formula is C22H24N6O3. The first-order valence-corrected chi connectivity index (χ1v) is 9.91. The third-order valence-corrected chi connectivity index (χ3v) is 5.18. The van der Waals surface area contributed by atoms with E-state index in [0.29, 0.717) is 60.3 Å². The number of pyridine rings is 1. The van der Waals surface area contributed by atoms with Gasteiger partial charge in [-0.3, -0.25) is 9.78 Å². The molecule has 9 heteroatoms. The molecule has 0 atom stereocenters. The van der Waals surface area contributed by atoms with Crippen molar-refractivity contribution in [1.29, 1.82) is 0 Å². The number of rotatable bonds is 5. The fourth-order valence-electron chi connectivity index (χ4n) is 3.47. The molecule has 0 radical (unpaired) electrons. The maximum atomic E-state index is 12.5. The van der Waals surface area contributed by atoms with Gasteiger partial charge in [0.05, 0.1) is 25.4 Å². The van der Waals surface area contributed by atoms with Crippen LogP contribution in [0.4, 0.5) is 11.8 Å². The van der Waals surface area contributed by atoms with E-state index in [4.69, 9.17) is 15.2 Å². The van der Waals surface area contributed by atoms with E-state index in [-0.39, 0.29) is 5.91 Å². The lowest BCUT2D eigenvalue weighted by molar-refractivity contribution is -0.126. The van der Waals surface area contributed by atoms with E-state index < -0.39 is 0 Å². The van der Waals surface area contributed by atoms with E-state index in [0.717, 1.165) is 5.69 Å². The fraction of sp³-hybridized carbons (Fsp3) is 0.273. The zero-order valence-electron chi connectivity index (χ0n) is 17.5. The van der Waals surface area contributed by atoms with Crippen LogP contribution in [0.3, 0.4) is 0 Å². The second-order valence-electron chi connectivity index (χ2n) is 7.03. The van der Waals surface area contributed by atoms with E-state index in [2.05, 4.69) is 15.0 Å². The Labute approximate surface area is 180 Å². The van der Waals surface area contributed by atoms with E-state index in [1.807, 2.05) is 23.1 Å². The summed E-state index contributed by atoms with van der Waals surface area (Å²) < 4.78 is 10.7. The van der Waals surface area contributed by atoms with Gasteiger partial charge in [0.1, 0.15) is 5.82 Å². The summed E-state index contributed by atoms with van der Waals surface area (Å²) in [6.45, 7) is 2.36. The Kier molecular flexibility index (Phi) is 5.83. The second kappa shape index (κ2) is 8.86. The summed E-state index contributed by atoms with van der Waals surface area (Å²) in [5.74, 6) is 2.02. The molecule has 1 aliphatic heterocycles. The Balaban J connectivity index is 1.47. The van der Waals surface area contributed by atoms with E-state index in [1.54, 1.807) is 49.6 Å². The number of aromatic nitrogens is 3. The van der Waals surface area contributed by atoms with Crippen LogP contribution in [0.1, 0.15) is 5.69 Å². The first-order chi connectivity index (χ1) is 15.1. The van der Waals surface area contributed by atoms with E-state index in [9.17, 15) is 4.79 Å². The van der Waals surface area contributed by atoms with Crippen molar-refractivity contribution in [3.8, 4) is 11.5 Å². The summed E-state index contributed by atoms with van der Waals surface area (Å²) in [7, 11) is 3.15. The molecule has 0 aliphatic carbocycles. The minimum Gasteiger partial charge on any atom is -0.493 e. The minimum atomic E-state index is -0.0407. The van der Waals surface area contributed by atoms with Gasteiger partial charge in [-0.2, -0.15) is 4.98 Å². The van der Waals surface area contributed by atoms with Gasteiger partial charge >= 0.3 is 0 Å². The molecule has 2 aromatic heterocycles. The summed E-state index contributed by atoms with van der Waals surface area (Å²) >= 11 is 0. The average molecular weight is 420 g/mol. The third-order valence-electron chi connectivity index (χ3n) is 5.18. The normalized spacial score (nSPS) is 14.3. The smallest absolute Gasteiger partial charge is 0.246 e. The van der Waals surface area contributed by atoms with E-state index >= 15 is 0 Å². The number of amides is 1. The van der Waals surface area contributed by atoms with Crippen LogP contribution in [-0.2, 0) is 4.79 Å². The van der Waals surface area contributed by atoms with Crippen LogP contribution in [0.25, 0.3) is 17.0 Å². The summed E-state index contributed by atoms with van der Waals surface area (Å²) in [5, 5.41) is 0.704. The number of carbonyl (C=O) groups excluding carboxylic acids is 1. The number of benzene rings is 1. The lowest BCUT2D eigenvalue weighted by Crippen LogP contribution is -2.48. The van der Waals surface area contributed by atoms with Crippen LogP contribution in [0.5, 0.6) is 11.5 Å². The number of fused-ring (bicyclic) bond motifs is 1. The van der Waals surface area contributed by atoms with Crippen molar-refractivity contribution >= 4 is 34.7 Å². The van der Waals surface area contributed by atoms with Crippen molar-refractivity contribution in [2.45, 2.75) is 0 Å². The molecule has 0 bridgehead atoms. The third kappa shape index (κ3) is 4.35. The maximum Gasteiger partial charge on any atom is 0.246 e. The highest BCUT2D eigenvalue weighted by molar-refractivity contribution is 5.92. The average Bonchev–Trinajstić information content (AvgIpc) is 2.82. The van der Waals surface area contributed by atoms with Gasteiger partial charge in [-0.1, -0.05) is 6.07 Å². The largest absolute Gasteiger partial charge is 0.493 e. The summed E-state index contributed by atoms with van der Waals surface area (Å²) in [6.07, 6.45) is 4.98. The molecule has 1 amide bonds. The van der Waals surface area contributed by atoms with E-state index in [1.165, 1.54) is 0 Å². The first kappa shape index (κ1) is 20.4. The number of ether oxygens (including phenoxy) is 2. The Hall–Kier alpha value is -3.88. The van der Waals surface area contributed by atoms with Gasteiger partial charge in [0.15, 0.2) is 11.5 Å². The zero-order chi connectivity index (χ0) is 21.8. The predicted molar refractivity (Wildman–Crippen MR) is 119 cm³/mol. The number of anilines is 2. The standard InChI is InChI=1S/C22H24N6O3/c1-30-18-13-16-17(14-19(18)31-2)25-22(26-21(16)23)28-11-9-27(10-12-28)20(29)7-6-15-5-3-4-8-24-15/h3-8,13-14H,9-12H2,1-2H3,(H2,23,25,26)/b7-6+. The Morgan fingerprint density at radius 2 is 1.81 bits per heavy atom. The molecule has 3 aromatic rings. The van der Waals surface area contributed by atoms with Gasteiger partial charge < -0.3 is 25.0 Å². The van der Waals surface area contributed by atoms with Gasteiger partial charge in [0.25, 0.3) is 0 Å². The van der Waals surface area contributed by atoms with Crippen molar-refractivity contribution in [2.75, 3.05) is 51.0 Å². The number of nitrogen functional groups attached to an aromatic ring is 1. The molecule has 1 fully saturated rings. The van der Waals surface area contributed by atoms with Gasteiger partial charge in [0.2, 0.25) is 11.9 Å². The Bertz CT molecular complexity index is 1110. The Morgan fingerprint density at radius 3 is 2.48 bits per heavy atom. The molecule has 2 N–H and O–H groups in total. The molecule has 1 aromatic carbocycles. The maximum absolute atomic E-state index is 12.5. The minimum absolute atomic E-state index is 0.0407. The number of nitrogens with two attached hydrogens (primary N) is 1. The van der Waals surface area contributed by atoms with Crippen molar-refractivity contribution in [2.24, 2.45) is 0 Å². The Morgan fingerprint density at radius 1 is 1.06 bits per heavy atom. The molecule has 1 saturated heterocycles. The quantitative estimate of drug-likeness (QED) is 0.625. The molecule has 0 unspecified atom stereocenters. The number of piperazine rings is 1. The monoisotopic (exact) mass is 420 g/mol. The lowest BCUT2D eigenvalue weighted by atomic mass is 10.2. The summed E-state index contributed by atoms with van der Waals surface area (Å²) in [6, 6.07) is 9.15. The molecular weight excluding hydrogens is 396 g/mol. The number of carbonyl (C=O) groups is 1. The van der Waals surface area contributed by atoms with Crippen LogP contribution in [0.2, 0.25) is 0 Å². The summed E-state index contributed by atoms with van der Waals surface area (Å²) in [4.78, 5) is 29.6. The molecule has 9 nitrogen and oxygen atoms in total. The van der Waals surface area contributed by atoms with Gasteiger partial charge in [-0.25, -0.2) is 4.98 Å². The highest BCUT2D eigenvalue weighted by Crippen LogP contribution is 2.34. The molecule has 160 valence electrons. The number of nitrogens with zero attached hydrogens (tertiary/aromatic N) is 5. The van der Waals surface area contributed by atoms with Crippen molar-refractivity contribution < 1.29 is 14.3 Å². The van der Waals surface area contributed by atoms with Crippen LogP contribution in [-0.4, -0.2) is 66.2 Å². The SMILES string of the molecule is COc1cc2nc(N3CCN(C(=O)/C=C/c4ccccn4)CC3)nc(N)c2cc1OC. The van der Waals surface area contributed by atoms with Gasteiger partial charge in [-0.15, -0.1) is 0 Å². The molecule has 0 spiro atoms. The molecule has 0 saturated carbocycles. The topological polar surface area (TPSA) is 107 Å². The van der Waals surface area contributed by atoms with Crippen LogP contribution < -0.4 is 20.1 Å². The lowest BCUT2D eigenvalue weighted by Gasteiger charge is -2.34. The first-order valence-electron chi connectivity index (χ1n) is 9.91. The number of hydrogen-bond acceptors (Lipinski definition) is 8. The highest BCUT2D eigenvalue weighted by atomic mass is 16.5. The van der Waals surface area contributed by atoms with Crippen LogP contribution in [0.15, 0.2) is 42.6 Å². The zero-order valence-corrected chi connectivity index (χ0v) is 17.5. The van der Waals surface area contributed by atoms with Crippen molar-refractivity contribution in [3.63, 3.8) is 0 Å². The number of methoxy groups -OCH3 is 2.